The number of ether oxygens (including phenoxy) is 1. The van der Waals surface area contributed by atoms with Gasteiger partial charge in [0.2, 0.25) is 0 Å². The van der Waals surface area contributed by atoms with Crippen molar-refractivity contribution in [2.75, 3.05) is 12.4 Å². The Labute approximate surface area is 147 Å². The molecule has 0 bridgehead atoms. The first-order valence-corrected chi connectivity index (χ1v) is 7.70. The number of rotatable bonds is 3. The molecule has 0 atom stereocenters. The van der Waals surface area contributed by atoms with E-state index in [1.54, 1.807) is 49.6 Å². The molecule has 0 saturated heterocycles. The second-order valence-electron chi connectivity index (χ2n) is 4.41. The van der Waals surface area contributed by atoms with E-state index in [0.29, 0.717) is 27.0 Å². The minimum absolute atomic E-state index is 0.115. The van der Waals surface area contributed by atoms with E-state index in [-0.39, 0.29) is 11.0 Å². The Hall–Kier alpha value is -2.43. The van der Waals surface area contributed by atoms with Gasteiger partial charge >= 0.3 is 0 Å². The van der Waals surface area contributed by atoms with Crippen LogP contribution < -0.4 is 15.4 Å². The Bertz CT molecular complexity index is 802. The first-order valence-electron chi connectivity index (χ1n) is 6.50. The molecule has 0 aromatic heterocycles. The van der Waals surface area contributed by atoms with E-state index in [1.165, 1.54) is 0 Å². The van der Waals surface area contributed by atoms with Crippen molar-refractivity contribution in [1.29, 1.82) is 5.26 Å². The van der Waals surface area contributed by atoms with Crippen LogP contribution in [0.5, 0.6) is 5.75 Å². The number of carbonyl (C=O) groups is 1. The summed E-state index contributed by atoms with van der Waals surface area (Å²) in [4.78, 5) is 12.2. The van der Waals surface area contributed by atoms with Gasteiger partial charge in [0.15, 0.2) is 5.11 Å². The lowest BCUT2D eigenvalue weighted by Gasteiger charge is -2.11. The van der Waals surface area contributed by atoms with Crippen LogP contribution in [-0.2, 0) is 0 Å². The van der Waals surface area contributed by atoms with Crippen LogP contribution in [0.2, 0.25) is 0 Å². The zero-order valence-corrected chi connectivity index (χ0v) is 14.5. The Morgan fingerprint density at radius 3 is 2.70 bits per heavy atom. The fourth-order valence-corrected chi connectivity index (χ4v) is 2.57. The minimum Gasteiger partial charge on any atom is -0.496 e. The molecule has 0 heterocycles. The Morgan fingerprint density at radius 1 is 1.30 bits per heavy atom. The maximum Gasteiger partial charge on any atom is 0.257 e. The summed E-state index contributed by atoms with van der Waals surface area (Å²) in [5, 5.41) is 14.6. The number of anilines is 1. The molecule has 0 aliphatic carbocycles. The quantitative estimate of drug-likeness (QED) is 0.786. The number of thiocarbonyl (C=S) groups is 1. The van der Waals surface area contributed by atoms with E-state index >= 15 is 0 Å². The molecule has 2 rings (SSSR count). The number of amides is 1. The molecule has 0 saturated carbocycles. The van der Waals surface area contributed by atoms with Crippen molar-refractivity contribution in [2.24, 2.45) is 0 Å². The first-order chi connectivity index (χ1) is 11.0. The number of halogens is 1. The molecule has 2 N–H and O–H groups in total. The third kappa shape index (κ3) is 4.28. The van der Waals surface area contributed by atoms with E-state index in [2.05, 4.69) is 32.6 Å². The molecule has 0 unspecified atom stereocenters. The molecular formula is C16H12BrN3O2S. The van der Waals surface area contributed by atoms with Crippen LogP contribution in [0.3, 0.4) is 0 Å². The van der Waals surface area contributed by atoms with E-state index < -0.39 is 0 Å². The summed E-state index contributed by atoms with van der Waals surface area (Å²) >= 11 is 8.44. The van der Waals surface area contributed by atoms with Gasteiger partial charge in [0.25, 0.3) is 5.91 Å². The smallest absolute Gasteiger partial charge is 0.257 e. The van der Waals surface area contributed by atoms with Crippen molar-refractivity contribution >= 4 is 44.9 Å². The maximum atomic E-state index is 12.2. The van der Waals surface area contributed by atoms with Gasteiger partial charge in [-0.15, -0.1) is 0 Å². The molecule has 5 nitrogen and oxygen atoms in total. The molecule has 116 valence electrons. The zero-order valence-electron chi connectivity index (χ0n) is 12.1. The number of hydrogen-bond acceptors (Lipinski definition) is 4. The summed E-state index contributed by atoms with van der Waals surface area (Å²) < 4.78 is 5.79. The van der Waals surface area contributed by atoms with Crippen LogP contribution in [0.15, 0.2) is 46.9 Å². The molecule has 0 aliphatic heterocycles. The van der Waals surface area contributed by atoms with Gasteiger partial charge in [0, 0.05) is 5.56 Å². The van der Waals surface area contributed by atoms with Gasteiger partial charge in [-0.05, 0) is 58.5 Å². The van der Waals surface area contributed by atoms with E-state index in [9.17, 15) is 4.79 Å². The molecule has 0 radical (unpaired) electrons. The predicted octanol–water partition coefficient (Wildman–Crippen LogP) is 3.46. The maximum absolute atomic E-state index is 12.2. The summed E-state index contributed by atoms with van der Waals surface area (Å²) in [6.45, 7) is 0. The number of carbonyl (C=O) groups excluding carboxylic acids is 1. The van der Waals surface area contributed by atoms with E-state index in [1.807, 2.05) is 0 Å². The first kappa shape index (κ1) is 16.9. The van der Waals surface area contributed by atoms with Crippen LogP contribution in [0.1, 0.15) is 15.9 Å². The van der Waals surface area contributed by atoms with Gasteiger partial charge in [-0.25, -0.2) is 0 Å². The van der Waals surface area contributed by atoms with E-state index in [0.717, 1.165) is 0 Å². The van der Waals surface area contributed by atoms with Gasteiger partial charge < -0.3 is 10.1 Å². The summed E-state index contributed by atoms with van der Waals surface area (Å²) in [5.41, 5.74) is 1.41. The number of hydrogen-bond donors (Lipinski definition) is 2. The molecule has 2 aromatic rings. The summed E-state index contributed by atoms with van der Waals surface area (Å²) in [6, 6.07) is 13.9. The SMILES string of the molecule is COc1ccc(C(=O)NC(=S)Nc2ccccc2C#N)cc1Br. The summed E-state index contributed by atoms with van der Waals surface area (Å²) in [5.74, 6) is 0.269. The molecule has 23 heavy (non-hydrogen) atoms. The standard InChI is InChI=1S/C16H12BrN3O2S/c1-22-14-7-6-10(8-12(14)17)15(21)20-16(23)19-13-5-3-2-4-11(13)9-18/h2-8H,1H3,(H2,19,20,21,23). The number of nitriles is 1. The van der Waals surface area contributed by atoms with Crippen molar-refractivity contribution in [3.63, 3.8) is 0 Å². The highest BCUT2D eigenvalue weighted by molar-refractivity contribution is 9.10. The van der Waals surface area contributed by atoms with Crippen molar-refractivity contribution in [2.45, 2.75) is 0 Å². The summed E-state index contributed by atoms with van der Waals surface area (Å²) in [7, 11) is 1.55. The molecule has 0 fully saturated rings. The largest absolute Gasteiger partial charge is 0.496 e. The number of para-hydroxylation sites is 1. The van der Waals surface area contributed by atoms with Gasteiger partial charge in [-0.2, -0.15) is 5.26 Å². The molecule has 7 heteroatoms. The summed E-state index contributed by atoms with van der Waals surface area (Å²) in [6.07, 6.45) is 0. The second kappa shape index (κ2) is 7.72. The lowest BCUT2D eigenvalue weighted by Crippen LogP contribution is -2.34. The molecule has 0 aliphatic rings. The number of benzene rings is 2. The number of methoxy groups -OCH3 is 1. The van der Waals surface area contributed by atoms with E-state index in [4.69, 9.17) is 22.2 Å². The zero-order chi connectivity index (χ0) is 16.8. The second-order valence-corrected chi connectivity index (χ2v) is 5.68. The number of nitrogens with one attached hydrogen (secondary N) is 2. The lowest BCUT2D eigenvalue weighted by atomic mass is 10.2. The van der Waals surface area contributed by atoms with Crippen LogP contribution in [0, 0.1) is 11.3 Å². The fraction of sp³-hybridized carbons (Fsp3) is 0.0625. The van der Waals surface area contributed by atoms with Crippen molar-refractivity contribution in [3.05, 3.63) is 58.1 Å². The van der Waals surface area contributed by atoms with Gasteiger partial charge in [-0.3, -0.25) is 10.1 Å². The Balaban J connectivity index is 2.07. The average Bonchev–Trinajstić information content (AvgIpc) is 2.55. The average molecular weight is 390 g/mol. The van der Waals surface area contributed by atoms with Crippen LogP contribution in [-0.4, -0.2) is 18.1 Å². The highest BCUT2D eigenvalue weighted by atomic mass is 79.9. The van der Waals surface area contributed by atoms with Crippen molar-refractivity contribution in [3.8, 4) is 11.8 Å². The van der Waals surface area contributed by atoms with Gasteiger partial charge in [0.1, 0.15) is 11.8 Å². The highest BCUT2D eigenvalue weighted by Gasteiger charge is 2.11. The number of nitrogens with zero attached hydrogens (tertiary/aromatic N) is 1. The topological polar surface area (TPSA) is 74.2 Å². The van der Waals surface area contributed by atoms with Crippen LogP contribution >= 0.6 is 28.1 Å². The third-order valence-corrected chi connectivity index (χ3v) is 3.76. The Morgan fingerprint density at radius 2 is 2.04 bits per heavy atom. The van der Waals surface area contributed by atoms with Crippen molar-refractivity contribution < 1.29 is 9.53 Å². The van der Waals surface area contributed by atoms with Gasteiger partial charge in [-0.1, -0.05) is 12.1 Å². The normalized spacial score (nSPS) is 9.61. The monoisotopic (exact) mass is 389 g/mol. The molecule has 1 amide bonds. The molecule has 0 spiro atoms. The molecular weight excluding hydrogens is 378 g/mol. The van der Waals surface area contributed by atoms with Crippen molar-refractivity contribution in [1.82, 2.24) is 5.32 Å². The fourth-order valence-electron chi connectivity index (χ4n) is 1.83. The van der Waals surface area contributed by atoms with Crippen LogP contribution in [0.4, 0.5) is 5.69 Å². The highest BCUT2D eigenvalue weighted by Crippen LogP contribution is 2.25. The lowest BCUT2D eigenvalue weighted by molar-refractivity contribution is 0.0977. The van der Waals surface area contributed by atoms with Crippen LogP contribution in [0.25, 0.3) is 0 Å². The third-order valence-electron chi connectivity index (χ3n) is 2.94. The Kier molecular flexibility index (Phi) is 5.68. The predicted molar refractivity (Wildman–Crippen MR) is 95.5 cm³/mol. The molecule has 2 aromatic carbocycles. The minimum atomic E-state index is -0.361. The van der Waals surface area contributed by atoms with Gasteiger partial charge in [0.05, 0.1) is 22.8 Å².